The van der Waals surface area contributed by atoms with Gasteiger partial charge in [-0.25, -0.2) is 9.59 Å². The fourth-order valence-corrected chi connectivity index (χ4v) is 2.28. The molecule has 28 heavy (non-hydrogen) atoms. The molecule has 0 radical (unpaired) electrons. The largest absolute Gasteiger partial charge is 0.464 e. The maximum Gasteiger partial charge on any atom is 0.410 e. The number of nitrogens with zero attached hydrogens (tertiary/aromatic N) is 3. The van der Waals surface area contributed by atoms with E-state index < -0.39 is 42.0 Å². The van der Waals surface area contributed by atoms with Gasteiger partial charge in [0.15, 0.2) is 0 Å². The molecule has 9 heteroatoms. The van der Waals surface area contributed by atoms with Crippen molar-refractivity contribution < 1.29 is 28.7 Å². The number of ether oxygens (including phenoxy) is 2. The Balaban J connectivity index is 4.97. The van der Waals surface area contributed by atoms with Crippen LogP contribution in [0.5, 0.6) is 0 Å². The molecule has 9 nitrogen and oxygen atoms in total. The van der Waals surface area contributed by atoms with Crippen LogP contribution in [0.15, 0.2) is 0 Å². The minimum Gasteiger partial charge on any atom is -0.464 e. The second-order valence-electron chi connectivity index (χ2n) is 6.76. The number of amides is 3. The SMILES string of the molecule is CCCCOC(=O)C(C)N(C)C(=O)C(C)N(C)C(=O)C(C)N(C)C(=O)OCC. The first kappa shape index (κ1) is 25.7. The monoisotopic (exact) mass is 401 g/mol. The van der Waals surface area contributed by atoms with Crippen molar-refractivity contribution in [3.05, 3.63) is 0 Å². The minimum atomic E-state index is -0.818. The van der Waals surface area contributed by atoms with Gasteiger partial charge >= 0.3 is 12.1 Å². The van der Waals surface area contributed by atoms with Crippen molar-refractivity contribution >= 4 is 23.9 Å². The molecule has 162 valence electrons. The lowest BCUT2D eigenvalue weighted by atomic mass is 10.2. The minimum absolute atomic E-state index is 0.200. The average Bonchev–Trinajstić information content (AvgIpc) is 2.69. The Hall–Kier alpha value is -2.32. The molecule has 0 aliphatic rings. The second-order valence-corrected chi connectivity index (χ2v) is 6.76. The first-order valence-corrected chi connectivity index (χ1v) is 9.60. The van der Waals surface area contributed by atoms with Crippen LogP contribution in [0.25, 0.3) is 0 Å². The Morgan fingerprint density at radius 3 is 1.68 bits per heavy atom. The number of carbonyl (C=O) groups excluding carboxylic acids is 4. The highest BCUT2D eigenvalue weighted by molar-refractivity contribution is 5.92. The molecule has 0 aliphatic heterocycles. The van der Waals surface area contributed by atoms with Crippen molar-refractivity contribution in [3.63, 3.8) is 0 Å². The summed E-state index contributed by atoms with van der Waals surface area (Å²) < 4.78 is 10.0. The molecule has 0 aromatic heterocycles. The third kappa shape index (κ3) is 7.01. The molecule has 3 unspecified atom stereocenters. The maximum absolute atomic E-state index is 12.7. The summed E-state index contributed by atoms with van der Waals surface area (Å²) in [5.41, 5.74) is 0. The number of carbonyl (C=O) groups is 4. The van der Waals surface area contributed by atoms with Gasteiger partial charge in [0.25, 0.3) is 0 Å². The molecule has 0 saturated heterocycles. The van der Waals surface area contributed by atoms with Crippen molar-refractivity contribution in [1.82, 2.24) is 14.7 Å². The number of likely N-dealkylation sites (N-methyl/N-ethyl adjacent to an activating group) is 3. The molecular weight excluding hydrogens is 366 g/mol. The second kappa shape index (κ2) is 12.2. The van der Waals surface area contributed by atoms with Crippen LogP contribution in [0.1, 0.15) is 47.5 Å². The smallest absolute Gasteiger partial charge is 0.410 e. The van der Waals surface area contributed by atoms with Crippen LogP contribution >= 0.6 is 0 Å². The van der Waals surface area contributed by atoms with Crippen LogP contribution < -0.4 is 0 Å². The van der Waals surface area contributed by atoms with Crippen molar-refractivity contribution in [3.8, 4) is 0 Å². The zero-order valence-electron chi connectivity index (χ0n) is 18.4. The normalized spacial score (nSPS) is 13.7. The van der Waals surface area contributed by atoms with Gasteiger partial charge in [-0.05, 0) is 34.1 Å². The van der Waals surface area contributed by atoms with E-state index in [0.717, 1.165) is 12.8 Å². The Morgan fingerprint density at radius 2 is 1.21 bits per heavy atom. The summed E-state index contributed by atoms with van der Waals surface area (Å²) in [5, 5.41) is 0. The molecule has 0 aromatic carbocycles. The van der Waals surface area contributed by atoms with E-state index in [-0.39, 0.29) is 6.61 Å². The van der Waals surface area contributed by atoms with Crippen LogP contribution in [-0.4, -0.2) is 91.1 Å². The van der Waals surface area contributed by atoms with Gasteiger partial charge in [0.2, 0.25) is 11.8 Å². The molecular formula is C19H35N3O6. The van der Waals surface area contributed by atoms with Crippen molar-refractivity contribution in [2.75, 3.05) is 34.4 Å². The molecule has 0 aliphatic carbocycles. The van der Waals surface area contributed by atoms with Crippen molar-refractivity contribution in [1.29, 1.82) is 0 Å². The molecule has 0 saturated carbocycles. The zero-order valence-corrected chi connectivity index (χ0v) is 18.4. The molecule has 0 bridgehead atoms. The number of hydrogen-bond acceptors (Lipinski definition) is 6. The van der Waals surface area contributed by atoms with Gasteiger partial charge in [-0.3, -0.25) is 14.5 Å². The topological polar surface area (TPSA) is 96.5 Å². The Kier molecular flexibility index (Phi) is 11.2. The van der Waals surface area contributed by atoms with Gasteiger partial charge in [0, 0.05) is 21.1 Å². The molecule has 0 N–H and O–H groups in total. The fourth-order valence-electron chi connectivity index (χ4n) is 2.28. The zero-order chi connectivity index (χ0) is 22.0. The van der Waals surface area contributed by atoms with E-state index in [4.69, 9.17) is 9.47 Å². The molecule has 3 atom stereocenters. The summed E-state index contributed by atoms with van der Waals surface area (Å²) in [6.45, 7) is 8.89. The lowest BCUT2D eigenvalue weighted by molar-refractivity contribution is -0.156. The fraction of sp³-hybridized carbons (Fsp3) is 0.789. The lowest BCUT2D eigenvalue weighted by Crippen LogP contribution is -2.54. The van der Waals surface area contributed by atoms with Gasteiger partial charge in [-0.1, -0.05) is 13.3 Å². The number of hydrogen-bond donors (Lipinski definition) is 0. The van der Waals surface area contributed by atoms with E-state index in [0.29, 0.717) is 6.61 Å². The van der Waals surface area contributed by atoms with Crippen LogP contribution in [0, 0.1) is 0 Å². The Bertz CT molecular complexity index is 554. The quantitative estimate of drug-likeness (QED) is 0.407. The predicted molar refractivity (Wildman–Crippen MR) is 105 cm³/mol. The number of rotatable bonds is 10. The summed E-state index contributed by atoms with van der Waals surface area (Å²) in [7, 11) is 4.44. The third-order valence-corrected chi connectivity index (χ3v) is 4.79. The van der Waals surface area contributed by atoms with Gasteiger partial charge in [0.05, 0.1) is 13.2 Å². The van der Waals surface area contributed by atoms with Gasteiger partial charge in [-0.15, -0.1) is 0 Å². The van der Waals surface area contributed by atoms with E-state index in [1.807, 2.05) is 6.92 Å². The van der Waals surface area contributed by atoms with Gasteiger partial charge < -0.3 is 19.3 Å². The lowest BCUT2D eigenvalue weighted by Gasteiger charge is -2.33. The van der Waals surface area contributed by atoms with Crippen molar-refractivity contribution in [2.45, 2.75) is 65.6 Å². The van der Waals surface area contributed by atoms with Crippen molar-refractivity contribution in [2.24, 2.45) is 0 Å². The summed E-state index contributed by atoms with van der Waals surface area (Å²) in [6, 6.07) is -2.39. The van der Waals surface area contributed by atoms with Crippen LogP contribution in [-0.2, 0) is 23.9 Å². The molecule has 0 aromatic rings. The first-order valence-electron chi connectivity index (χ1n) is 9.60. The molecule has 0 heterocycles. The number of unbranched alkanes of at least 4 members (excludes halogenated alkanes) is 1. The highest BCUT2D eigenvalue weighted by Crippen LogP contribution is 2.10. The molecule has 0 spiro atoms. The van der Waals surface area contributed by atoms with E-state index in [2.05, 4.69) is 0 Å². The molecule has 0 rings (SSSR count). The highest BCUT2D eigenvalue weighted by Gasteiger charge is 2.34. The first-order chi connectivity index (χ1) is 13.0. The predicted octanol–water partition coefficient (Wildman–Crippen LogP) is 1.50. The van der Waals surface area contributed by atoms with Gasteiger partial charge in [-0.2, -0.15) is 0 Å². The van der Waals surface area contributed by atoms with Crippen LogP contribution in [0.3, 0.4) is 0 Å². The van der Waals surface area contributed by atoms with Crippen LogP contribution in [0.2, 0.25) is 0 Å². The van der Waals surface area contributed by atoms with Crippen LogP contribution in [0.4, 0.5) is 4.79 Å². The maximum atomic E-state index is 12.7. The Morgan fingerprint density at radius 1 is 0.750 bits per heavy atom. The third-order valence-electron chi connectivity index (χ3n) is 4.79. The van der Waals surface area contributed by atoms with E-state index >= 15 is 0 Å². The van der Waals surface area contributed by atoms with Gasteiger partial charge in [0.1, 0.15) is 18.1 Å². The standard InChI is InChI=1S/C19H35N3O6/c1-9-11-12-28-18(25)15(5)21(7)16(23)13(3)20(6)17(24)14(4)22(8)19(26)27-10-2/h13-15H,9-12H2,1-8H3. The summed E-state index contributed by atoms with van der Waals surface area (Å²) in [4.78, 5) is 52.9. The Labute approximate surface area is 167 Å². The molecule has 0 fully saturated rings. The summed E-state index contributed by atoms with van der Waals surface area (Å²) >= 11 is 0. The van der Waals surface area contributed by atoms with E-state index in [9.17, 15) is 19.2 Å². The van der Waals surface area contributed by atoms with E-state index in [1.54, 1.807) is 27.7 Å². The number of esters is 1. The average molecular weight is 402 g/mol. The highest BCUT2D eigenvalue weighted by atomic mass is 16.6. The molecule has 3 amide bonds. The summed E-state index contributed by atoms with van der Waals surface area (Å²) in [5.74, 6) is -1.30. The van der Waals surface area contributed by atoms with E-state index in [1.165, 1.54) is 35.8 Å². The summed E-state index contributed by atoms with van der Waals surface area (Å²) in [6.07, 6.45) is 1.05.